The monoisotopic (exact) mass is 274 g/mol. The average molecular weight is 275 g/mol. The largest absolute Gasteiger partial charge is 0.417 e. The third kappa shape index (κ3) is 2.86. The molecule has 0 aliphatic rings. The smallest absolute Gasteiger partial charge is 0.322 e. The van der Waals surface area contributed by atoms with Gasteiger partial charge < -0.3 is 5.32 Å². The zero-order valence-electron chi connectivity index (χ0n) is 8.74. The Hall–Kier alpha value is -1.89. The fourth-order valence-corrected chi connectivity index (χ4v) is 1.31. The van der Waals surface area contributed by atoms with Gasteiger partial charge in [-0.1, -0.05) is 11.6 Å². The Morgan fingerprint density at radius 2 is 1.78 bits per heavy atom. The Morgan fingerprint density at radius 1 is 1.06 bits per heavy atom. The summed E-state index contributed by atoms with van der Waals surface area (Å²) >= 11 is 5.73. The Kier molecular flexibility index (Phi) is 3.33. The normalized spacial score (nSPS) is 11.3. The van der Waals surface area contributed by atoms with Crippen molar-refractivity contribution < 1.29 is 13.2 Å². The van der Waals surface area contributed by atoms with Crippen molar-refractivity contribution in [1.82, 2.24) is 15.0 Å². The van der Waals surface area contributed by atoms with Crippen molar-refractivity contribution >= 4 is 23.2 Å². The third-order valence-corrected chi connectivity index (χ3v) is 2.27. The van der Waals surface area contributed by atoms with E-state index in [0.29, 0.717) is 0 Å². The Morgan fingerprint density at radius 3 is 2.33 bits per heavy atom. The summed E-state index contributed by atoms with van der Waals surface area (Å²) in [6, 6.07) is 2.10. The van der Waals surface area contributed by atoms with Crippen molar-refractivity contribution in [3.8, 4) is 0 Å². The molecular weight excluding hydrogens is 269 g/mol. The molecule has 0 unspecified atom stereocenters. The highest BCUT2D eigenvalue weighted by atomic mass is 35.5. The van der Waals surface area contributed by atoms with Gasteiger partial charge in [-0.15, -0.1) is 0 Å². The van der Waals surface area contributed by atoms with Crippen LogP contribution in [0.25, 0.3) is 0 Å². The second-order valence-corrected chi connectivity index (χ2v) is 3.61. The molecular formula is C10H6ClF3N4. The number of nitrogens with zero attached hydrogens (tertiary/aromatic N) is 3. The van der Waals surface area contributed by atoms with Crippen LogP contribution in [0.15, 0.2) is 30.7 Å². The third-order valence-electron chi connectivity index (χ3n) is 1.99. The molecule has 0 radical (unpaired) electrons. The van der Waals surface area contributed by atoms with Crippen molar-refractivity contribution in [2.24, 2.45) is 0 Å². The highest BCUT2D eigenvalue weighted by Crippen LogP contribution is 2.29. The molecule has 94 valence electrons. The van der Waals surface area contributed by atoms with Gasteiger partial charge in [0.1, 0.15) is 5.82 Å². The molecule has 2 aromatic heterocycles. The Balaban J connectivity index is 2.19. The zero-order valence-corrected chi connectivity index (χ0v) is 9.50. The number of pyridine rings is 1. The predicted molar refractivity (Wildman–Crippen MR) is 59.6 cm³/mol. The molecule has 0 aliphatic heterocycles. The Bertz CT molecular complexity index is 542. The molecule has 0 amide bonds. The number of halogens is 4. The van der Waals surface area contributed by atoms with E-state index in [2.05, 4.69) is 20.3 Å². The van der Waals surface area contributed by atoms with Gasteiger partial charge in [-0.25, -0.2) is 15.0 Å². The topological polar surface area (TPSA) is 50.7 Å². The summed E-state index contributed by atoms with van der Waals surface area (Å²) in [5, 5.41) is 2.78. The number of nitrogens with one attached hydrogen (secondary N) is 1. The van der Waals surface area contributed by atoms with E-state index < -0.39 is 11.7 Å². The number of alkyl halides is 3. The standard InChI is InChI=1S/C10H6ClF3N4/c11-8-9(16-4-3-15-8)18-7-2-1-6(5-17-7)10(12,13)14/h1-5H,(H,16,17,18). The van der Waals surface area contributed by atoms with E-state index in [9.17, 15) is 13.2 Å². The lowest BCUT2D eigenvalue weighted by Crippen LogP contribution is -2.06. The molecule has 2 rings (SSSR count). The molecule has 1 N–H and O–H groups in total. The first kappa shape index (κ1) is 12.6. The van der Waals surface area contributed by atoms with Crippen LogP contribution in [0.3, 0.4) is 0 Å². The maximum atomic E-state index is 12.3. The van der Waals surface area contributed by atoms with Crippen LogP contribution < -0.4 is 5.32 Å². The molecule has 8 heteroatoms. The van der Waals surface area contributed by atoms with E-state index in [-0.39, 0.29) is 16.8 Å². The molecule has 0 saturated heterocycles. The molecule has 0 saturated carbocycles. The quantitative estimate of drug-likeness (QED) is 0.913. The van der Waals surface area contributed by atoms with Gasteiger partial charge in [0.2, 0.25) is 0 Å². The maximum Gasteiger partial charge on any atom is 0.417 e. The minimum Gasteiger partial charge on any atom is -0.322 e. The minimum atomic E-state index is -4.41. The molecule has 0 bridgehead atoms. The molecule has 18 heavy (non-hydrogen) atoms. The predicted octanol–water partition coefficient (Wildman–Crippen LogP) is 3.29. The van der Waals surface area contributed by atoms with Gasteiger partial charge >= 0.3 is 6.18 Å². The van der Waals surface area contributed by atoms with Crippen molar-refractivity contribution in [1.29, 1.82) is 0 Å². The first-order valence-corrected chi connectivity index (χ1v) is 5.11. The number of aromatic nitrogens is 3. The van der Waals surface area contributed by atoms with Crippen LogP contribution in [0.2, 0.25) is 5.15 Å². The van der Waals surface area contributed by atoms with Crippen molar-refractivity contribution in [2.75, 3.05) is 5.32 Å². The maximum absolute atomic E-state index is 12.3. The van der Waals surface area contributed by atoms with Gasteiger partial charge in [-0.05, 0) is 12.1 Å². The molecule has 2 aromatic rings. The fourth-order valence-electron chi connectivity index (χ4n) is 1.16. The number of anilines is 2. The SMILES string of the molecule is FC(F)(F)c1ccc(Nc2nccnc2Cl)nc1. The summed E-state index contributed by atoms with van der Waals surface area (Å²) in [5.74, 6) is 0.428. The second-order valence-electron chi connectivity index (χ2n) is 3.25. The van der Waals surface area contributed by atoms with Crippen LogP contribution in [0, 0.1) is 0 Å². The second kappa shape index (κ2) is 4.77. The molecule has 0 spiro atoms. The van der Waals surface area contributed by atoms with E-state index in [1.54, 1.807) is 0 Å². The Labute approximate surface area is 105 Å². The van der Waals surface area contributed by atoms with Crippen LogP contribution in [-0.4, -0.2) is 15.0 Å². The number of rotatable bonds is 2. The highest BCUT2D eigenvalue weighted by Gasteiger charge is 2.30. The van der Waals surface area contributed by atoms with Gasteiger partial charge in [0.05, 0.1) is 5.56 Å². The lowest BCUT2D eigenvalue weighted by Gasteiger charge is -2.08. The summed E-state index contributed by atoms with van der Waals surface area (Å²) < 4.78 is 36.9. The minimum absolute atomic E-state index is 0.110. The van der Waals surface area contributed by atoms with E-state index in [1.165, 1.54) is 18.5 Å². The van der Waals surface area contributed by atoms with E-state index >= 15 is 0 Å². The van der Waals surface area contributed by atoms with Crippen molar-refractivity contribution in [3.05, 3.63) is 41.4 Å². The van der Waals surface area contributed by atoms with Crippen LogP contribution in [0.1, 0.15) is 5.56 Å². The molecule has 0 fully saturated rings. The summed E-state index contributed by atoms with van der Waals surface area (Å²) in [6.07, 6.45) is -0.881. The molecule has 2 heterocycles. The highest BCUT2D eigenvalue weighted by molar-refractivity contribution is 6.31. The van der Waals surface area contributed by atoms with Gasteiger partial charge in [0.25, 0.3) is 0 Å². The van der Waals surface area contributed by atoms with Gasteiger partial charge in [-0.3, -0.25) is 0 Å². The van der Waals surface area contributed by atoms with Crippen molar-refractivity contribution in [2.45, 2.75) is 6.18 Å². The number of hydrogen-bond acceptors (Lipinski definition) is 4. The van der Waals surface area contributed by atoms with Crippen LogP contribution in [0.4, 0.5) is 24.8 Å². The summed E-state index contributed by atoms with van der Waals surface area (Å²) in [6.45, 7) is 0. The van der Waals surface area contributed by atoms with E-state index in [0.717, 1.165) is 12.3 Å². The summed E-state index contributed by atoms with van der Waals surface area (Å²) in [5.41, 5.74) is -0.821. The zero-order chi connectivity index (χ0) is 13.2. The van der Waals surface area contributed by atoms with Gasteiger partial charge in [0.15, 0.2) is 11.0 Å². The molecule has 4 nitrogen and oxygen atoms in total. The fraction of sp³-hybridized carbons (Fsp3) is 0.100. The van der Waals surface area contributed by atoms with Gasteiger partial charge in [-0.2, -0.15) is 13.2 Å². The number of hydrogen-bond donors (Lipinski definition) is 1. The first-order valence-electron chi connectivity index (χ1n) is 4.73. The summed E-state index contributed by atoms with van der Waals surface area (Å²) in [7, 11) is 0. The first-order chi connectivity index (χ1) is 8.47. The van der Waals surface area contributed by atoms with E-state index in [4.69, 9.17) is 11.6 Å². The van der Waals surface area contributed by atoms with Crippen LogP contribution in [-0.2, 0) is 6.18 Å². The molecule has 0 aliphatic carbocycles. The molecule has 0 atom stereocenters. The van der Waals surface area contributed by atoms with Crippen LogP contribution >= 0.6 is 11.6 Å². The lowest BCUT2D eigenvalue weighted by molar-refractivity contribution is -0.137. The average Bonchev–Trinajstić information content (AvgIpc) is 2.32. The summed E-state index contributed by atoms with van der Waals surface area (Å²) in [4.78, 5) is 11.3. The van der Waals surface area contributed by atoms with Crippen LogP contribution in [0.5, 0.6) is 0 Å². The van der Waals surface area contributed by atoms with Gasteiger partial charge in [0, 0.05) is 18.6 Å². The van der Waals surface area contributed by atoms with Crippen molar-refractivity contribution in [3.63, 3.8) is 0 Å². The van der Waals surface area contributed by atoms with E-state index in [1.807, 2.05) is 0 Å². The molecule has 0 aromatic carbocycles. The lowest BCUT2D eigenvalue weighted by atomic mass is 10.3.